The zero-order valence-corrected chi connectivity index (χ0v) is 10.2. The van der Waals surface area contributed by atoms with E-state index in [1.54, 1.807) is 31.7 Å². The summed E-state index contributed by atoms with van der Waals surface area (Å²) in [5, 5.41) is 8.83. The predicted octanol–water partition coefficient (Wildman–Crippen LogP) is 0.937. The molecule has 94 valence electrons. The molecule has 0 fully saturated rings. The SMILES string of the molecule is CN(CCO)C(=O)c1cccc(-n2ccnc2)c1. The molecule has 1 heterocycles. The van der Waals surface area contributed by atoms with Gasteiger partial charge < -0.3 is 14.6 Å². The monoisotopic (exact) mass is 245 g/mol. The third-order valence-corrected chi connectivity index (χ3v) is 2.68. The van der Waals surface area contributed by atoms with E-state index in [0.29, 0.717) is 12.1 Å². The first-order valence-electron chi connectivity index (χ1n) is 5.67. The van der Waals surface area contributed by atoms with Crippen molar-refractivity contribution in [2.75, 3.05) is 20.2 Å². The van der Waals surface area contributed by atoms with Gasteiger partial charge in [0.25, 0.3) is 5.91 Å². The highest BCUT2D eigenvalue weighted by molar-refractivity contribution is 5.94. The highest BCUT2D eigenvalue weighted by atomic mass is 16.3. The third kappa shape index (κ3) is 2.57. The van der Waals surface area contributed by atoms with Crippen LogP contribution in [-0.2, 0) is 0 Å². The molecule has 2 rings (SSSR count). The molecule has 5 heteroatoms. The number of likely N-dealkylation sites (N-methyl/N-ethyl adjacent to an activating group) is 1. The lowest BCUT2D eigenvalue weighted by Crippen LogP contribution is -2.29. The number of aromatic nitrogens is 2. The van der Waals surface area contributed by atoms with Crippen molar-refractivity contribution in [3.05, 3.63) is 48.5 Å². The molecule has 2 aromatic rings. The summed E-state index contributed by atoms with van der Waals surface area (Å²) in [6.45, 7) is 0.289. The number of carbonyl (C=O) groups excluding carboxylic acids is 1. The number of benzene rings is 1. The molecular formula is C13H15N3O2. The molecule has 18 heavy (non-hydrogen) atoms. The molecule has 0 aliphatic carbocycles. The average molecular weight is 245 g/mol. The van der Waals surface area contributed by atoms with E-state index >= 15 is 0 Å². The van der Waals surface area contributed by atoms with Gasteiger partial charge in [-0.1, -0.05) is 6.07 Å². The summed E-state index contributed by atoms with van der Waals surface area (Å²) in [5.41, 5.74) is 1.48. The van der Waals surface area contributed by atoms with Crippen LogP contribution in [0, 0.1) is 0 Å². The Hall–Kier alpha value is -2.14. The van der Waals surface area contributed by atoms with Crippen molar-refractivity contribution >= 4 is 5.91 Å². The normalized spacial score (nSPS) is 10.3. The first kappa shape index (κ1) is 12.3. The maximum atomic E-state index is 12.0. The minimum atomic E-state index is -0.106. The summed E-state index contributed by atoms with van der Waals surface area (Å²) >= 11 is 0. The predicted molar refractivity (Wildman–Crippen MR) is 67.6 cm³/mol. The van der Waals surface area contributed by atoms with Crippen LogP contribution in [0.5, 0.6) is 0 Å². The summed E-state index contributed by atoms with van der Waals surface area (Å²) in [6.07, 6.45) is 5.19. The standard InChI is InChI=1S/C13H15N3O2/c1-15(7-8-17)13(18)11-3-2-4-12(9-11)16-6-5-14-10-16/h2-6,9-10,17H,7-8H2,1H3. The Labute approximate surface area is 105 Å². The van der Waals surface area contributed by atoms with Crippen LogP contribution < -0.4 is 0 Å². The van der Waals surface area contributed by atoms with Gasteiger partial charge in [0, 0.05) is 37.2 Å². The van der Waals surface area contributed by atoms with Crippen molar-refractivity contribution < 1.29 is 9.90 Å². The number of rotatable bonds is 4. The van der Waals surface area contributed by atoms with Gasteiger partial charge in [-0.3, -0.25) is 4.79 Å². The number of imidazole rings is 1. The quantitative estimate of drug-likeness (QED) is 0.872. The maximum absolute atomic E-state index is 12.0. The van der Waals surface area contributed by atoms with Crippen LogP contribution in [0.15, 0.2) is 43.0 Å². The lowest BCUT2D eigenvalue weighted by Gasteiger charge is -2.16. The topological polar surface area (TPSA) is 58.4 Å². The van der Waals surface area contributed by atoms with Crippen LogP contribution in [0.1, 0.15) is 10.4 Å². The third-order valence-electron chi connectivity index (χ3n) is 2.68. The lowest BCUT2D eigenvalue weighted by atomic mass is 10.1. The number of nitrogens with zero attached hydrogens (tertiary/aromatic N) is 3. The van der Waals surface area contributed by atoms with E-state index in [2.05, 4.69) is 4.98 Å². The second-order valence-corrected chi connectivity index (χ2v) is 3.97. The first-order valence-corrected chi connectivity index (χ1v) is 5.67. The van der Waals surface area contributed by atoms with Gasteiger partial charge in [0.05, 0.1) is 12.9 Å². The Kier molecular flexibility index (Phi) is 3.74. The molecule has 1 amide bonds. The van der Waals surface area contributed by atoms with Crippen LogP contribution in [0.4, 0.5) is 0 Å². The molecule has 0 radical (unpaired) electrons. The lowest BCUT2D eigenvalue weighted by molar-refractivity contribution is 0.0767. The first-order chi connectivity index (χ1) is 8.72. The largest absolute Gasteiger partial charge is 0.395 e. The molecule has 1 aromatic carbocycles. The van der Waals surface area contributed by atoms with Gasteiger partial charge in [0.2, 0.25) is 0 Å². The molecule has 0 saturated carbocycles. The van der Waals surface area contributed by atoms with Crippen LogP contribution in [0.2, 0.25) is 0 Å². The molecule has 0 atom stereocenters. The highest BCUT2D eigenvalue weighted by Crippen LogP contribution is 2.11. The van der Waals surface area contributed by atoms with Gasteiger partial charge in [-0.2, -0.15) is 0 Å². The van der Waals surface area contributed by atoms with E-state index < -0.39 is 0 Å². The van der Waals surface area contributed by atoms with E-state index in [9.17, 15) is 4.79 Å². The van der Waals surface area contributed by atoms with Crippen molar-refractivity contribution in [1.29, 1.82) is 0 Å². The van der Waals surface area contributed by atoms with Gasteiger partial charge in [0.1, 0.15) is 0 Å². The Morgan fingerprint density at radius 3 is 3.00 bits per heavy atom. The van der Waals surface area contributed by atoms with Crippen molar-refractivity contribution in [1.82, 2.24) is 14.5 Å². The van der Waals surface area contributed by atoms with Crippen molar-refractivity contribution in [2.24, 2.45) is 0 Å². The Morgan fingerprint density at radius 1 is 1.50 bits per heavy atom. The average Bonchev–Trinajstić information content (AvgIpc) is 2.92. The number of hydrogen-bond donors (Lipinski definition) is 1. The fourth-order valence-corrected chi connectivity index (χ4v) is 1.68. The smallest absolute Gasteiger partial charge is 0.253 e. The fraction of sp³-hybridized carbons (Fsp3) is 0.231. The fourth-order valence-electron chi connectivity index (χ4n) is 1.68. The van der Waals surface area contributed by atoms with E-state index in [1.165, 1.54) is 4.90 Å². The Bertz CT molecular complexity index is 523. The van der Waals surface area contributed by atoms with Gasteiger partial charge in [-0.15, -0.1) is 0 Å². The zero-order valence-electron chi connectivity index (χ0n) is 10.2. The van der Waals surface area contributed by atoms with Crippen LogP contribution in [0.25, 0.3) is 5.69 Å². The molecule has 0 saturated heterocycles. The van der Waals surface area contributed by atoms with Crippen molar-refractivity contribution in [3.63, 3.8) is 0 Å². The number of carbonyl (C=O) groups is 1. The summed E-state index contributed by atoms with van der Waals surface area (Å²) in [4.78, 5) is 17.5. The summed E-state index contributed by atoms with van der Waals surface area (Å²) in [6, 6.07) is 7.30. The van der Waals surface area contributed by atoms with Crippen LogP contribution >= 0.6 is 0 Å². The molecule has 0 bridgehead atoms. The molecule has 0 spiro atoms. The molecule has 1 aromatic heterocycles. The second-order valence-electron chi connectivity index (χ2n) is 3.97. The molecule has 0 unspecified atom stereocenters. The van der Waals surface area contributed by atoms with Crippen molar-refractivity contribution in [3.8, 4) is 5.69 Å². The van der Waals surface area contributed by atoms with Gasteiger partial charge in [0.15, 0.2) is 0 Å². The van der Waals surface area contributed by atoms with Gasteiger partial charge in [-0.25, -0.2) is 4.98 Å². The van der Waals surface area contributed by atoms with Crippen LogP contribution in [0.3, 0.4) is 0 Å². The molecule has 0 aliphatic rings. The van der Waals surface area contributed by atoms with Crippen molar-refractivity contribution in [2.45, 2.75) is 0 Å². The van der Waals surface area contributed by atoms with E-state index in [0.717, 1.165) is 5.69 Å². The zero-order chi connectivity index (χ0) is 13.0. The van der Waals surface area contributed by atoms with Crippen LogP contribution in [-0.4, -0.2) is 45.7 Å². The molecule has 1 N–H and O–H groups in total. The highest BCUT2D eigenvalue weighted by Gasteiger charge is 2.11. The minimum absolute atomic E-state index is 0.0382. The summed E-state index contributed by atoms with van der Waals surface area (Å²) < 4.78 is 1.84. The summed E-state index contributed by atoms with van der Waals surface area (Å²) in [5.74, 6) is -0.106. The maximum Gasteiger partial charge on any atom is 0.253 e. The van der Waals surface area contributed by atoms with E-state index in [-0.39, 0.29) is 12.5 Å². The molecular weight excluding hydrogens is 230 g/mol. The van der Waals surface area contributed by atoms with E-state index in [1.807, 2.05) is 22.9 Å². The Morgan fingerprint density at radius 2 is 2.33 bits per heavy atom. The number of hydrogen-bond acceptors (Lipinski definition) is 3. The Balaban J connectivity index is 2.25. The summed E-state index contributed by atoms with van der Waals surface area (Å²) in [7, 11) is 1.67. The van der Waals surface area contributed by atoms with Gasteiger partial charge in [-0.05, 0) is 18.2 Å². The van der Waals surface area contributed by atoms with E-state index in [4.69, 9.17) is 5.11 Å². The number of amides is 1. The number of aliphatic hydroxyl groups is 1. The molecule has 0 aliphatic heterocycles. The minimum Gasteiger partial charge on any atom is -0.395 e. The second kappa shape index (κ2) is 5.46. The number of aliphatic hydroxyl groups excluding tert-OH is 1. The van der Waals surface area contributed by atoms with Gasteiger partial charge >= 0.3 is 0 Å². The molecule has 5 nitrogen and oxygen atoms in total.